The Balaban J connectivity index is 2.15. The molecule has 2 aromatic rings. The van der Waals surface area contributed by atoms with Gasteiger partial charge in [0.1, 0.15) is 18.6 Å². The number of allylic oxidation sites excluding steroid dienone is 1. The number of nitrogens with one attached hydrogen (secondary N) is 1. The Labute approximate surface area is 154 Å². The van der Waals surface area contributed by atoms with Crippen molar-refractivity contribution in [2.45, 2.75) is 26.3 Å². The normalized spacial score (nSPS) is 11.4. The fourth-order valence-corrected chi connectivity index (χ4v) is 2.34. The van der Waals surface area contributed by atoms with Gasteiger partial charge in [0.25, 0.3) is 0 Å². The quantitative estimate of drug-likeness (QED) is 0.579. The number of ether oxygens (including phenoxy) is 1. The van der Waals surface area contributed by atoms with Crippen LogP contribution >= 0.6 is 0 Å². The number of hydrogen-bond acceptors (Lipinski definition) is 3. The van der Waals surface area contributed by atoms with Crippen LogP contribution in [0.15, 0.2) is 54.6 Å². The van der Waals surface area contributed by atoms with Crippen LogP contribution < -0.4 is 10.1 Å². The van der Waals surface area contributed by atoms with Gasteiger partial charge in [-0.3, -0.25) is 9.59 Å². The number of aldehydes is 1. The lowest BCUT2D eigenvalue weighted by Gasteiger charge is -2.14. The third-order valence-electron chi connectivity index (χ3n) is 3.64. The van der Waals surface area contributed by atoms with Crippen LogP contribution in [0, 0.1) is 0 Å². The Morgan fingerprint density at radius 2 is 1.96 bits per heavy atom. The van der Waals surface area contributed by atoms with Gasteiger partial charge >= 0.3 is 6.18 Å². The Kier molecular flexibility index (Phi) is 6.76. The van der Waals surface area contributed by atoms with Crippen molar-refractivity contribution in [1.82, 2.24) is 5.32 Å². The molecule has 1 N–H and O–H groups in total. The molecule has 0 aliphatic carbocycles. The average molecular weight is 377 g/mol. The van der Waals surface area contributed by atoms with Crippen molar-refractivity contribution < 1.29 is 27.5 Å². The molecule has 0 aliphatic heterocycles. The maximum absolute atomic E-state index is 12.8. The Bertz CT molecular complexity index is 845. The molecule has 0 atom stereocenters. The summed E-state index contributed by atoms with van der Waals surface area (Å²) < 4.78 is 44.0. The van der Waals surface area contributed by atoms with Crippen LogP contribution in [-0.2, 0) is 24.1 Å². The molecule has 0 saturated heterocycles. The standard InChI is InChI=1S/C20H18F3NO3/c1-2-4-19(26)24-11-16-9-14(12-25)7-8-18(16)27-13-15-5-3-6-17(10-15)20(21,22)23/h2-10,12H,11,13H2,1H3,(H,24,26)/b4-2+. The Morgan fingerprint density at radius 3 is 2.63 bits per heavy atom. The van der Waals surface area contributed by atoms with Gasteiger partial charge in [-0.25, -0.2) is 0 Å². The monoisotopic (exact) mass is 377 g/mol. The van der Waals surface area contributed by atoms with Gasteiger partial charge in [0, 0.05) is 17.7 Å². The van der Waals surface area contributed by atoms with Gasteiger partial charge < -0.3 is 10.1 Å². The highest BCUT2D eigenvalue weighted by Gasteiger charge is 2.30. The third-order valence-corrected chi connectivity index (χ3v) is 3.64. The molecule has 2 rings (SSSR count). The molecule has 0 fully saturated rings. The van der Waals surface area contributed by atoms with Crippen molar-refractivity contribution in [2.24, 2.45) is 0 Å². The average Bonchev–Trinajstić information content (AvgIpc) is 2.64. The highest BCUT2D eigenvalue weighted by atomic mass is 19.4. The molecule has 0 heterocycles. The molecule has 0 saturated carbocycles. The van der Waals surface area contributed by atoms with E-state index in [1.807, 2.05) is 0 Å². The van der Waals surface area contributed by atoms with Crippen LogP contribution in [0.25, 0.3) is 0 Å². The third kappa shape index (κ3) is 5.99. The van der Waals surface area contributed by atoms with Gasteiger partial charge in [-0.1, -0.05) is 18.2 Å². The summed E-state index contributed by atoms with van der Waals surface area (Å²) in [5.41, 5.74) is 0.549. The summed E-state index contributed by atoms with van der Waals surface area (Å²) in [6.45, 7) is 1.74. The molecule has 0 aliphatic rings. The smallest absolute Gasteiger partial charge is 0.416 e. The van der Waals surface area contributed by atoms with Crippen LogP contribution in [-0.4, -0.2) is 12.2 Å². The topological polar surface area (TPSA) is 55.4 Å². The summed E-state index contributed by atoms with van der Waals surface area (Å²) in [5, 5.41) is 2.65. The number of alkyl halides is 3. The van der Waals surface area contributed by atoms with E-state index in [1.165, 1.54) is 24.3 Å². The summed E-state index contributed by atoms with van der Waals surface area (Å²) in [5.74, 6) is 0.0663. The van der Waals surface area contributed by atoms with Crippen LogP contribution in [0.1, 0.15) is 34.0 Å². The minimum atomic E-state index is -4.43. The number of amides is 1. The largest absolute Gasteiger partial charge is 0.489 e. The summed E-state index contributed by atoms with van der Waals surface area (Å²) >= 11 is 0. The first-order chi connectivity index (χ1) is 12.8. The highest BCUT2D eigenvalue weighted by molar-refractivity contribution is 5.87. The van der Waals surface area contributed by atoms with E-state index in [9.17, 15) is 22.8 Å². The van der Waals surface area contributed by atoms with E-state index >= 15 is 0 Å². The fourth-order valence-electron chi connectivity index (χ4n) is 2.34. The van der Waals surface area contributed by atoms with Crippen LogP contribution in [0.3, 0.4) is 0 Å². The molecule has 0 bridgehead atoms. The van der Waals surface area contributed by atoms with Crippen molar-refractivity contribution in [3.8, 4) is 5.75 Å². The predicted octanol–water partition coefficient (Wildman–Crippen LogP) is 4.29. The lowest BCUT2D eigenvalue weighted by atomic mass is 10.1. The Hall–Kier alpha value is -3.09. The molecule has 2 aromatic carbocycles. The van der Waals surface area contributed by atoms with Crippen molar-refractivity contribution in [1.29, 1.82) is 0 Å². The maximum Gasteiger partial charge on any atom is 0.416 e. The summed E-state index contributed by atoms with van der Waals surface area (Å²) in [6, 6.07) is 9.50. The van der Waals surface area contributed by atoms with Gasteiger partial charge in [0.2, 0.25) is 5.91 Å². The van der Waals surface area contributed by atoms with Crippen LogP contribution in [0.4, 0.5) is 13.2 Å². The molecule has 0 unspecified atom stereocenters. The van der Waals surface area contributed by atoms with Crippen LogP contribution in [0.2, 0.25) is 0 Å². The molecular weight excluding hydrogens is 359 g/mol. The molecule has 0 radical (unpaired) electrons. The molecule has 27 heavy (non-hydrogen) atoms. The van der Waals surface area contributed by atoms with E-state index in [1.54, 1.807) is 25.1 Å². The number of halogens is 3. The lowest BCUT2D eigenvalue weighted by Crippen LogP contribution is -2.20. The molecule has 1 amide bonds. The first-order valence-electron chi connectivity index (χ1n) is 8.11. The van der Waals surface area contributed by atoms with E-state index in [4.69, 9.17) is 4.74 Å². The van der Waals surface area contributed by atoms with Crippen molar-refractivity contribution in [3.05, 3.63) is 76.9 Å². The zero-order valence-electron chi connectivity index (χ0n) is 14.5. The summed E-state index contributed by atoms with van der Waals surface area (Å²) in [7, 11) is 0. The number of carbonyl (C=O) groups excluding carboxylic acids is 2. The molecule has 0 aromatic heterocycles. The first kappa shape index (κ1) is 20.2. The maximum atomic E-state index is 12.8. The van der Waals surface area contributed by atoms with E-state index in [0.29, 0.717) is 28.7 Å². The first-order valence-corrected chi connectivity index (χ1v) is 8.11. The van der Waals surface area contributed by atoms with E-state index in [2.05, 4.69) is 5.32 Å². The zero-order chi connectivity index (χ0) is 19.9. The van der Waals surface area contributed by atoms with Crippen LogP contribution in [0.5, 0.6) is 5.75 Å². The minimum Gasteiger partial charge on any atom is -0.489 e. The zero-order valence-corrected chi connectivity index (χ0v) is 14.5. The van der Waals surface area contributed by atoms with E-state index in [-0.39, 0.29) is 19.1 Å². The molecular formula is C20H18F3NO3. The van der Waals surface area contributed by atoms with Crippen molar-refractivity contribution in [2.75, 3.05) is 0 Å². The summed E-state index contributed by atoms with van der Waals surface area (Å²) in [6.07, 6.45) is -0.827. The SMILES string of the molecule is C/C=C/C(=O)NCc1cc(C=O)ccc1OCc1cccc(C(F)(F)F)c1. The van der Waals surface area contributed by atoms with Crippen molar-refractivity contribution in [3.63, 3.8) is 0 Å². The fraction of sp³-hybridized carbons (Fsp3) is 0.200. The number of carbonyl (C=O) groups is 2. The predicted molar refractivity (Wildman–Crippen MR) is 94.3 cm³/mol. The van der Waals surface area contributed by atoms with Gasteiger partial charge in [-0.15, -0.1) is 0 Å². The second-order valence-electron chi connectivity index (χ2n) is 5.69. The molecule has 142 valence electrons. The lowest BCUT2D eigenvalue weighted by molar-refractivity contribution is -0.137. The highest BCUT2D eigenvalue weighted by Crippen LogP contribution is 2.30. The second kappa shape index (κ2) is 9.02. The van der Waals surface area contributed by atoms with Gasteiger partial charge in [-0.2, -0.15) is 13.2 Å². The van der Waals surface area contributed by atoms with Gasteiger partial charge in [-0.05, 0) is 48.9 Å². The van der Waals surface area contributed by atoms with Crippen molar-refractivity contribution >= 4 is 12.2 Å². The molecule has 7 heteroatoms. The minimum absolute atomic E-state index is 0.0832. The van der Waals surface area contributed by atoms with E-state index in [0.717, 1.165) is 12.1 Å². The molecule has 0 spiro atoms. The van der Waals surface area contributed by atoms with E-state index < -0.39 is 11.7 Å². The number of rotatable bonds is 7. The summed E-state index contributed by atoms with van der Waals surface area (Å²) in [4.78, 5) is 22.6. The number of hydrogen-bond donors (Lipinski definition) is 1. The Morgan fingerprint density at radius 1 is 1.19 bits per heavy atom. The van der Waals surface area contributed by atoms with Gasteiger partial charge in [0.05, 0.1) is 5.56 Å². The second-order valence-corrected chi connectivity index (χ2v) is 5.69. The van der Waals surface area contributed by atoms with Gasteiger partial charge in [0.15, 0.2) is 0 Å². The number of benzene rings is 2. The molecule has 4 nitrogen and oxygen atoms in total.